The second kappa shape index (κ2) is 6.11. The summed E-state index contributed by atoms with van der Waals surface area (Å²) < 4.78 is 0. The lowest BCUT2D eigenvalue weighted by Gasteiger charge is -2.21. The zero-order valence-corrected chi connectivity index (χ0v) is 11.2. The Kier molecular flexibility index (Phi) is 4.49. The maximum atomic E-state index is 12.0. The summed E-state index contributed by atoms with van der Waals surface area (Å²) in [5, 5.41) is 0.244. The lowest BCUT2D eigenvalue weighted by atomic mass is 10.3. The van der Waals surface area contributed by atoms with Crippen molar-refractivity contribution in [2.24, 2.45) is 0 Å². The fourth-order valence-electron chi connectivity index (χ4n) is 2.04. The van der Waals surface area contributed by atoms with Crippen LogP contribution in [-0.2, 0) is 0 Å². The number of hydrogen-bond acceptors (Lipinski definition) is 4. The van der Waals surface area contributed by atoms with Crippen molar-refractivity contribution in [2.75, 3.05) is 33.2 Å². The molecule has 1 aromatic rings. The maximum Gasteiger partial charge on any atom is 0.273 e. The van der Waals surface area contributed by atoms with Crippen molar-refractivity contribution in [1.29, 1.82) is 0 Å². The Morgan fingerprint density at radius 2 is 2.17 bits per heavy atom. The van der Waals surface area contributed by atoms with Gasteiger partial charge in [0.25, 0.3) is 5.91 Å². The summed E-state index contributed by atoms with van der Waals surface area (Å²) in [6.07, 6.45) is 5.39. The van der Waals surface area contributed by atoms with Gasteiger partial charge in [-0.1, -0.05) is 11.6 Å². The first-order chi connectivity index (χ1) is 8.66. The molecule has 6 heteroatoms. The molecule has 98 valence electrons. The van der Waals surface area contributed by atoms with E-state index < -0.39 is 0 Å². The molecule has 1 saturated heterocycles. The van der Waals surface area contributed by atoms with Gasteiger partial charge in [-0.15, -0.1) is 0 Å². The smallest absolute Gasteiger partial charge is 0.273 e. The Morgan fingerprint density at radius 1 is 1.44 bits per heavy atom. The number of aromatic nitrogens is 2. The highest BCUT2D eigenvalue weighted by atomic mass is 35.5. The van der Waals surface area contributed by atoms with Gasteiger partial charge in [0.2, 0.25) is 0 Å². The van der Waals surface area contributed by atoms with Gasteiger partial charge in [-0.05, 0) is 25.9 Å². The van der Waals surface area contributed by atoms with Crippen LogP contribution in [0.15, 0.2) is 12.4 Å². The molecule has 1 aliphatic heterocycles. The van der Waals surface area contributed by atoms with Gasteiger partial charge in [-0.25, -0.2) is 4.98 Å². The van der Waals surface area contributed by atoms with Gasteiger partial charge in [-0.2, -0.15) is 0 Å². The number of hydrogen-bond donors (Lipinski definition) is 0. The highest BCUT2D eigenvalue weighted by Gasteiger charge is 2.16. The van der Waals surface area contributed by atoms with Crippen LogP contribution in [0.25, 0.3) is 0 Å². The third-order valence-electron chi connectivity index (χ3n) is 3.12. The Labute approximate surface area is 112 Å². The molecule has 0 atom stereocenters. The van der Waals surface area contributed by atoms with Crippen molar-refractivity contribution < 1.29 is 4.79 Å². The second-order valence-electron chi connectivity index (χ2n) is 4.50. The van der Waals surface area contributed by atoms with Crippen molar-refractivity contribution in [3.63, 3.8) is 0 Å². The third-order valence-corrected chi connectivity index (χ3v) is 3.30. The van der Waals surface area contributed by atoms with E-state index in [9.17, 15) is 4.79 Å². The molecular weight excluding hydrogens is 252 g/mol. The van der Waals surface area contributed by atoms with Gasteiger partial charge in [0.15, 0.2) is 0 Å². The number of carbonyl (C=O) groups excluding carboxylic acids is 1. The van der Waals surface area contributed by atoms with Crippen LogP contribution in [0.4, 0.5) is 0 Å². The zero-order chi connectivity index (χ0) is 13.0. The molecule has 2 rings (SSSR count). The van der Waals surface area contributed by atoms with Gasteiger partial charge in [0, 0.05) is 20.1 Å². The molecule has 1 fully saturated rings. The van der Waals surface area contributed by atoms with E-state index >= 15 is 0 Å². The molecule has 1 aromatic heterocycles. The summed E-state index contributed by atoms with van der Waals surface area (Å²) in [6, 6.07) is 0. The highest BCUT2D eigenvalue weighted by molar-refractivity contribution is 6.29. The highest BCUT2D eigenvalue weighted by Crippen LogP contribution is 2.08. The van der Waals surface area contributed by atoms with Crippen LogP contribution in [-0.4, -0.2) is 58.9 Å². The van der Waals surface area contributed by atoms with E-state index in [0.717, 1.165) is 19.6 Å². The average Bonchev–Trinajstić information content (AvgIpc) is 2.88. The number of likely N-dealkylation sites (N-methyl/N-ethyl adjacent to an activating group) is 1. The van der Waals surface area contributed by atoms with Crippen molar-refractivity contribution in [2.45, 2.75) is 12.8 Å². The second-order valence-corrected chi connectivity index (χ2v) is 4.89. The van der Waals surface area contributed by atoms with Gasteiger partial charge in [0.05, 0.1) is 12.4 Å². The van der Waals surface area contributed by atoms with Crippen LogP contribution in [0.3, 0.4) is 0 Å². The molecule has 0 unspecified atom stereocenters. The topological polar surface area (TPSA) is 49.3 Å². The number of halogens is 1. The molecular formula is C12H17ClN4O. The summed E-state index contributed by atoms with van der Waals surface area (Å²) in [5.41, 5.74) is 0.298. The molecule has 0 aliphatic carbocycles. The van der Waals surface area contributed by atoms with Crippen molar-refractivity contribution in [1.82, 2.24) is 19.8 Å². The molecule has 0 bridgehead atoms. The molecule has 0 spiro atoms. The van der Waals surface area contributed by atoms with E-state index in [4.69, 9.17) is 11.6 Å². The van der Waals surface area contributed by atoms with Crippen molar-refractivity contribution in [3.8, 4) is 0 Å². The largest absolute Gasteiger partial charge is 0.339 e. The molecule has 0 aromatic carbocycles. The Bertz CT molecular complexity index is 420. The first-order valence-electron chi connectivity index (χ1n) is 6.12. The van der Waals surface area contributed by atoms with Gasteiger partial charge >= 0.3 is 0 Å². The SMILES string of the molecule is CN(CCN1CCCC1)C(=O)c1cncc(Cl)n1. The summed E-state index contributed by atoms with van der Waals surface area (Å²) in [7, 11) is 1.78. The summed E-state index contributed by atoms with van der Waals surface area (Å²) >= 11 is 5.72. The molecule has 5 nitrogen and oxygen atoms in total. The standard InChI is InChI=1S/C12H17ClN4O/c1-16(6-7-17-4-2-3-5-17)12(18)10-8-14-9-11(13)15-10/h8-9H,2-7H2,1H3. The van der Waals surface area contributed by atoms with E-state index in [1.807, 2.05) is 0 Å². The Balaban J connectivity index is 1.87. The maximum absolute atomic E-state index is 12.0. The Hall–Kier alpha value is -1.20. The lowest BCUT2D eigenvalue weighted by molar-refractivity contribution is 0.0776. The molecule has 18 heavy (non-hydrogen) atoms. The number of likely N-dealkylation sites (tertiary alicyclic amines) is 1. The average molecular weight is 269 g/mol. The minimum absolute atomic E-state index is 0.135. The number of nitrogens with zero attached hydrogens (tertiary/aromatic N) is 4. The van der Waals surface area contributed by atoms with Crippen molar-refractivity contribution >= 4 is 17.5 Å². The molecule has 2 heterocycles. The van der Waals surface area contributed by atoms with Crippen LogP contribution in [0.5, 0.6) is 0 Å². The Morgan fingerprint density at radius 3 is 2.83 bits per heavy atom. The molecule has 1 aliphatic rings. The van der Waals surface area contributed by atoms with E-state index in [1.54, 1.807) is 11.9 Å². The third kappa shape index (κ3) is 3.40. The predicted molar refractivity (Wildman–Crippen MR) is 69.7 cm³/mol. The van der Waals surface area contributed by atoms with E-state index in [-0.39, 0.29) is 11.1 Å². The summed E-state index contributed by atoms with van der Waals surface area (Å²) in [6.45, 7) is 3.89. The van der Waals surface area contributed by atoms with Crippen molar-refractivity contribution in [3.05, 3.63) is 23.2 Å². The normalized spacial score (nSPS) is 15.9. The van der Waals surface area contributed by atoms with Gasteiger partial charge in [0.1, 0.15) is 10.8 Å². The summed E-state index contributed by atoms with van der Waals surface area (Å²) in [5.74, 6) is -0.135. The first-order valence-corrected chi connectivity index (χ1v) is 6.50. The van der Waals surface area contributed by atoms with Crippen LogP contribution in [0.1, 0.15) is 23.3 Å². The van der Waals surface area contributed by atoms with E-state index in [1.165, 1.54) is 25.2 Å². The quantitative estimate of drug-likeness (QED) is 0.826. The predicted octanol–water partition coefficient (Wildman–Crippen LogP) is 1.30. The van der Waals surface area contributed by atoms with Gasteiger partial charge in [-0.3, -0.25) is 9.78 Å². The van der Waals surface area contributed by atoms with E-state index in [2.05, 4.69) is 14.9 Å². The molecule has 1 amide bonds. The number of amides is 1. The van der Waals surface area contributed by atoms with Crippen LogP contribution < -0.4 is 0 Å². The minimum atomic E-state index is -0.135. The number of rotatable bonds is 4. The number of carbonyl (C=O) groups is 1. The molecule has 0 radical (unpaired) electrons. The monoisotopic (exact) mass is 268 g/mol. The first kappa shape index (κ1) is 13.2. The molecule has 0 N–H and O–H groups in total. The van der Waals surface area contributed by atoms with Gasteiger partial charge < -0.3 is 9.80 Å². The fourth-order valence-corrected chi connectivity index (χ4v) is 2.19. The summed E-state index contributed by atoms with van der Waals surface area (Å²) in [4.78, 5) is 23.9. The fraction of sp³-hybridized carbons (Fsp3) is 0.583. The zero-order valence-electron chi connectivity index (χ0n) is 10.5. The van der Waals surface area contributed by atoms with Crippen LogP contribution >= 0.6 is 11.6 Å². The van der Waals surface area contributed by atoms with E-state index in [0.29, 0.717) is 12.2 Å². The van der Waals surface area contributed by atoms with Crippen LogP contribution in [0.2, 0.25) is 5.15 Å². The minimum Gasteiger partial charge on any atom is -0.339 e. The molecule has 0 saturated carbocycles. The van der Waals surface area contributed by atoms with Crippen LogP contribution in [0, 0.1) is 0 Å². The lowest BCUT2D eigenvalue weighted by Crippen LogP contribution is -2.35.